The van der Waals surface area contributed by atoms with Crippen LogP contribution in [-0.4, -0.2) is 29.4 Å². The number of benzene rings is 1. The van der Waals surface area contributed by atoms with Crippen LogP contribution in [0.25, 0.3) is 0 Å². The Morgan fingerprint density at radius 2 is 1.90 bits per heavy atom. The highest BCUT2D eigenvalue weighted by atomic mass is 16.5. The first-order valence-corrected chi connectivity index (χ1v) is 7.75. The van der Waals surface area contributed by atoms with E-state index >= 15 is 0 Å². The van der Waals surface area contributed by atoms with E-state index in [0.717, 1.165) is 19.3 Å². The molecule has 1 amide bonds. The standard InChI is InChI=1S/C17H23NO3/c1-3-13-8-10-14(11-9-13)21-17(20)15-7-5-6-12-18(15)16(19)4-2/h8-11,15H,3-7,12H2,1-2H3. The Labute approximate surface area is 126 Å². The molecule has 1 atom stereocenters. The molecule has 4 heteroatoms. The summed E-state index contributed by atoms with van der Waals surface area (Å²) in [5, 5.41) is 0. The molecular weight excluding hydrogens is 266 g/mol. The minimum Gasteiger partial charge on any atom is -0.425 e. The quantitative estimate of drug-likeness (QED) is 0.632. The third-order valence-electron chi connectivity index (χ3n) is 3.95. The third kappa shape index (κ3) is 3.84. The van der Waals surface area contributed by atoms with Crippen molar-refractivity contribution in [1.82, 2.24) is 4.90 Å². The molecule has 1 aromatic carbocycles. The van der Waals surface area contributed by atoms with Gasteiger partial charge in [-0.15, -0.1) is 0 Å². The van der Waals surface area contributed by atoms with Gasteiger partial charge in [0.1, 0.15) is 11.8 Å². The minimum atomic E-state index is -0.433. The zero-order valence-electron chi connectivity index (χ0n) is 12.8. The first-order chi connectivity index (χ1) is 10.2. The molecule has 1 aliphatic rings. The van der Waals surface area contributed by atoms with Crippen molar-refractivity contribution in [2.45, 2.75) is 52.0 Å². The van der Waals surface area contributed by atoms with Gasteiger partial charge in [0.05, 0.1) is 0 Å². The van der Waals surface area contributed by atoms with Gasteiger partial charge in [0, 0.05) is 13.0 Å². The predicted molar refractivity (Wildman–Crippen MR) is 81.1 cm³/mol. The van der Waals surface area contributed by atoms with Gasteiger partial charge in [0.2, 0.25) is 5.91 Å². The van der Waals surface area contributed by atoms with E-state index in [9.17, 15) is 9.59 Å². The molecule has 0 spiro atoms. The number of piperidine rings is 1. The number of aryl methyl sites for hydroxylation is 1. The van der Waals surface area contributed by atoms with Gasteiger partial charge in [-0.1, -0.05) is 26.0 Å². The lowest BCUT2D eigenvalue weighted by atomic mass is 10.0. The fourth-order valence-electron chi connectivity index (χ4n) is 2.66. The van der Waals surface area contributed by atoms with Crippen LogP contribution < -0.4 is 4.74 Å². The average Bonchev–Trinajstić information content (AvgIpc) is 2.54. The zero-order valence-corrected chi connectivity index (χ0v) is 12.8. The molecule has 0 radical (unpaired) electrons. The van der Waals surface area contributed by atoms with Gasteiger partial charge >= 0.3 is 5.97 Å². The lowest BCUT2D eigenvalue weighted by Gasteiger charge is -2.33. The summed E-state index contributed by atoms with van der Waals surface area (Å²) in [6, 6.07) is 7.10. The first-order valence-electron chi connectivity index (χ1n) is 7.75. The van der Waals surface area contributed by atoms with E-state index in [1.165, 1.54) is 5.56 Å². The molecule has 1 unspecified atom stereocenters. The summed E-state index contributed by atoms with van der Waals surface area (Å²) in [5.41, 5.74) is 1.20. The predicted octanol–water partition coefficient (Wildman–Crippen LogP) is 2.95. The monoisotopic (exact) mass is 289 g/mol. The molecule has 0 bridgehead atoms. The Hall–Kier alpha value is -1.84. The Morgan fingerprint density at radius 3 is 2.52 bits per heavy atom. The Balaban J connectivity index is 2.04. The summed E-state index contributed by atoms with van der Waals surface area (Å²) in [6.45, 7) is 4.56. The smallest absolute Gasteiger partial charge is 0.334 e. The zero-order chi connectivity index (χ0) is 15.2. The minimum absolute atomic E-state index is 0.0259. The van der Waals surface area contributed by atoms with Gasteiger partial charge in [0.25, 0.3) is 0 Å². The molecule has 114 valence electrons. The maximum atomic E-state index is 12.3. The van der Waals surface area contributed by atoms with E-state index in [2.05, 4.69) is 6.92 Å². The normalized spacial score (nSPS) is 18.4. The maximum absolute atomic E-state index is 12.3. The van der Waals surface area contributed by atoms with Crippen LogP contribution in [0.2, 0.25) is 0 Å². The molecule has 1 fully saturated rings. The topological polar surface area (TPSA) is 46.6 Å². The first kappa shape index (κ1) is 15.5. The number of carbonyl (C=O) groups excluding carboxylic acids is 2. The van der Waals surface area contributed by atoms with E-state index in [1.807, 2.05) is 31.2 Å². The van der Waals surface area contributed by atoms with Crippen molar-refractivity contribution in [3.8, 4) is 5.75 Å². The number of amides is 1. The Kier molecular flexibility index (Phi) is 5.37. The summed E-state index contributed by atoms with van der Waals surface area (Å²) >= 11 is 0. The summed E-state index contributed by atoms with van der Waals surface area (Å²) in [5.74, 6) is 0.255. The average molecular weight is 289 g/mol. The van der Waals surface area contributed by atoms with Gasteiger partial charge < -0.3 is 9.64 Å². The number of hydrogen-bond donors (Lipinski definition) is 0. The van der Waals surface area contributed by atoms with Crippen LogP contribution in [0.5, 0.6) is 5.75 Å². The molecule has 1 aromatic rings. The second kappa shape index (κ2) is 7.25. The lowest BCUT2D eigenvalue weighted by Crippen LogP contribution is -2.49. The van der Waals surface area contributed by atoms with Crippen molar-refractivity contribution in [3.05, 3.63) is 29.8 Å². The highest BCUT2D eigenvalue weighted by molar-refractivity contribution is 5.85. The number of ether oxygens (including phenoxy) is 1. The highest BCUT2D eigenvalue weighted by Crippen LogP contribution is 2.21. The largest absolute Gasteiger partial charge is 0.425 e. The molecule has 0 saturated carbocycles. The van der Waals surface area contributed by atoms with Crippen LogP contribution in [-0.2, 0) is 16.0 Å². The van der Waals surface area contributed by atoms with E-state index in [1.54, 1.807) is 4.90 Å². The van der Waals surface area contributed by atoms with Crippen LogP contribution in [0.1, 0.15) is 45.1 Å². The number of esters is 1. The van der Waals surface area contributed by atoms with Crippen LogP contribution in [0, 0.1) is 0 Å². The molecule has 4 nitrogen and oxygen atoms in total. The van der Waals surface area contributed by atoms with Crippen LogP contribution >= 0.6 is 0 Å². The highest BCUT2D eigenvalue weighted by Gasteiger charge is 2.32. The number of nitrogens with zero attached hydrogens (tertiary/aromatic N) is 1. The van der Waals surface area contributed by atoms with Gasteiger partial charge in [-0.05, 0) is 43.4 Å². The van der Waals surface area contributed by atoms with Crippen molar-refractivity contribution in [3.63, 3.8) is 0 Å². The summed E-state index contributed by atoms with van der Waals surface area (Å²) in [6.07, 6.45) is 3.99. The van der Waals surface area contributed by atoms with Crippen LogP contribution in [0.3, 0.4) is 0 Å². The van der Waals surface area contributed by atoms with Crippen molar-refractivity contribution >= 4 is 11.9 Å². The molecule has 1 saturated heterocycles. The molecule has 21 heavy (non-hydrogen) atoms. The van der Waals surface area contributed by atoms with E-state index in [0.29, 0.717) is 25.1 Å². The third-order valence-corrected chi connectivity index (χ3v) is 3.95. The molecule has 2 rings (SSSR count). The Morgan fingerprint density at radius 1 is 1.19 bits per heavy atom. The van der Waals surface area contributed by atoms with Crippen molar-refractivity contribution in [2.24, 2.45) is 0 Å². The number of hydrogen-bond acceptors (Lipinski definition) is 3. The van der Waals surface area contributed by atoms with Gasteiger partial charge in [-0.25, -0.2) is 4.79 Å². The second-order valence-electron chi connectivity index (χ2n) is 5.37. The fourth-order valence-corrected chi connectivity index (χ4v) is 2.66. The fraction of sp³-hybridized carbons (Fsp3) is 0.529. The molecule has 1 aliphatic heterocycles. The van der Waals surface area contributed by atoms with Crippen LogP contribution in [0.15, 0.2) is 24.3 Å². The van der Waals surface area contributed by atoms with Crippen molar-refractivity contribution in [1.29, 1.82) is 0 Å². The molecule has 0 aliphatic carbocycles. The SMILES string of the molecule is CCC(=O)N1CCCCC1C(=O)Oc1ccc(CC)cc1. The van der Waals surface area contributed by atoms with Crippen molar-refractivity contribution in [2.75, 3.05) is 6.54 Å². The molecule has 0 aromatic heterocycles. The molecular formula is C17H23NO3. The lowest BCUT2D eigenvalue weighted by molar-refractivity contribution is -0.149. The second-order valence-corrected chi connectivity index (χ2v) is 5.37. The summed E-state index contributed by atoms with van der Waals surface area (Å²) in [4.78, 5) is 25.9. The molecule has 1 heterocycles. The summed E-state index contributed by atoms with van der Waals surface area (Å²) < 4.78 is 5.45. The number of likely N-dealkylation sites (tertiary alicyclic amines) is 1. The van der Waals surface area contributed by atoms with Crippen LogP contribution in [0.4, 0.5) is 0 Å². The van der Waals surface area contributed by atoms with Gasteiger partial charge in [0.15, 0.2) is 0 Å². The van der Waals surface area contributed by atoms with Gasteiger partial charge in [-0.2, -0.15) is 0 Å². The van der Waals surface area contributed by atoms with Gasteiger partial charge in [-0.3, -0.25) is 4.79 Å². The summed E-state index contributed by atoms with van der Waals surface area (Å²) in [7, 11) is 0. The van der Waals surface area contributed by atoms with Crippen molar-refractivity contribution < 1.29 is 14.3 Å². The maximum Gasteiger partial charge on any atom is 0.334 e. The number of carbonyl (C=O) groups is 2. The molecule has 0 N–H and O–H groups in total. The van der Waals surface area contributed by atoms with E-state index in [4.69, 9.17) is 4.74 Å². The number of rotatable bonds is 4. The van der Waals surface area contributed by atoms with E-state index in [-0.39, 0.29) is 11.9 Å². The van der Waals surface area contributed by atoms with E-state index < -0.39 is 6.04 Å². The Bertz CT molecular complexity index is 495.